The van der Waals surface area contributed by atoms with E-state index in [4.69, 9.17) is 0 Å². The molecule has 0 amide bonds. The molecule has 202 valence electrons. The van der Waals surface area contributed by atoms with Crippen molar-refractivity contribution < 1.29 is 26.7 Å². The topological polar surface area (TPSA) is 9.23 Å². The lowest BCUT2D eigenvalue weighted by Crippen LogP contribution is -2.17. The van der Waals surface area contributed by atoms with E-state index in [2.05, 4.69) is 47.8 Å². The van der Waals surface area contributed by atoms with Gasteiger partial charge in [-0.05, 0) is 72.0 Å². The molecule has 0 radical (unpaired) electrons. The summed E-state index contributed by atoms with van der Waals surface area (Å²) in [5.41, 5.74) is 3.94. The van der Waals surface area contributed by atoms with Crippen LogP contribution in [-0.4, -0.2) is 6.36 Å². The van der Waals surface area contributed by atoms with Gasteiger partial charge in [-0.25, -0.2) is 8.78 Å². The van der Waals surface area contributed by atoms with Crippen molar-refractivity contribution in [3.63, 3.8) is 0 Å². The molecule has 0 aliphatic carbocycles. The standard InChI is InChI=1S/C33H29F5O/c1-2-3-4-5-6-23-7-9-24(10-8-23)11-12-25-14-19-29-28(21-25)18-17-27(32(29)35)16-13-26-15-20-31(30(34)22-26)39-33(36,37)38/h7-10,14-15,17-22H,2-6,11-12H2,1H3. The zero-order valence-electron chi connectivity index (χ0n) is 21.7. The van der Waals surface area contributed by atoms with Gasteiger partial charge in [-0.15, -0.1) is 13.2 Å². The van der Waals surface area contributed by atoms with Gasteiger partial charge in [-0.2, -0.15) is 0 Å². The van der Waals surface area contributed by atoms with Gasteiger partial charge in [0.2, 0.25) is 0 Å². The van der Waals surface area contributed by atoms with Gasteiger partial charge < -0.3 is 4.74 Å². The molecule has 0 aliphatic rings. The third-order valence-electron chi connectivity index (χ3n) is 6.56. The van der Waals surface area contributed by atoms with E-state index >= 15 is 4.39 Å². The highest BCUT2D eigenvalue weighted by Crippen LogP contribution is 2.26. The van der Waals surface area contributed by atoms with E-state index in [1.54, 1.807) is 18.2 Å². The van der Waals surface area contributed by atoms with Gasteiger partial charge in [0, 0.05) is 10.9 Å². The number of hydrogen-bond donors (Lipinski definition) is 0. The molecule has 0 fully saturated rings. The molecule has 1 nitrogen and oxygen atoms in total. The lowest BCUT2D eigenvalue weighted by molar-refractivity contribution is -0.275. The lowest BCUT2D eigenvalue weighted by atomic mass is 9.98. The summed E-state index contributed by atoms with van der Waals surface area (Å²) in [7, 11) is 0. The van der Waals surface area contributed by atoms with Crippen LogP contribution >= 0.6 is 0 Å². The fraction of sp³-hybridized carbons (Fsp3) is 0.273. The van der Waals surface area contributed by atoms with Gasteiger partial charge >= 0.3 is 6.36 Å². The van der Waals surface area contributed by atoms with Crippen molar-refractivity contribution in [3.8, 4) is 17.6 Å². The first-order valence-corrected chi connectivity index (χ1v) is 13.1. The Morgan fingerprint density at radius 1 is 0.692 bits per heavy atom. The first kappa shape index (κ1) is 28.2. The number of aryl methyl sites for hydroxylation is 3. The number of rotatable bonds is 9. The van der Waals surface area contributed by atoms with Crippen LogP contribution in [0, 0.1) is 23.5 Å². The molecule has 0 bridgehead atoms. The van der Waals surface area contributed by atoms with Crippen molar-refractivity contribution in [2.24, 2.45) is 0 Å². The smallest absolute Gasteiger partial charge is 0.403 e. The Morgan fingerprint density at radius 2 is 1.38 bits per heavy atom. The summed E-state index contributed by atoms with van der Waals surface area (Å²) in [5, 5.41) is 1.16. The Kier molecular flexibility index (Phi) is 9.24. The third kappa shape index (κ3) is 8.07. The highest BCUT2D eigenvalue weighted by molar-refractivity contribution is 5.85. The molecule has 0 saturated carbocycles. The van der Waals surface area contributed by atoms with Gasteiger partial charge in [0.15, 0.2) is 11.6 Å². The van der Waals surface area contributed by atoms with E-state index in [1.165, 1.54) is 42.9 Å². The van der Waals surface area contributed by atoms with Crippen LogP contribution < -0.4 is 4.74 Å². The van der Waals surface area contributed by atoms with Gasteiger partial charge in [-0.1, -0.05) is 86.6 Å². The summed E-state index contributed by atoms with van der Waals surface area (Å²) in [4.78, 5) is 0. The van der Waals surface area contributed by atoms with E-state index in [0.29, 0.717) is 5.39 Å². The quantitative estimate of drug-likeness (QED) is 0.118. The summed E-state index contributed by atoms with van der Waals surface area (Å²) in [6.07, 6.45) is 2.84. The second kappa shape index (κ2) is 12.8. The number of fused-ring (bicyclic) bond motifs is 1. The fourth-order valence-electron chi connectivity index (χ4n) is 4.44. The molecule has 39 heavy (non-hydrogen) atoms. The van der Waals surface area contributed by atoms with E-state index in [-0.39, 0.29) is 11.1 Å². The monoisotopic (exact) mass is 536 g/mol. The Bertz CT molecular complexity index is 1480. The fourth-order valence-corrected chi connectivity index (χ4v) is 4.44. The predicted octanol–water partition coefficient (Wildman–Crippen LogP) is 9.32. The Morgan fingerprint density at radius 3 is 2.08 bits per heavy atom. The molecule has 0 saturated heterocycles. The number of ether oxygens (including phenoxy) is 1. The summed E-state index contributed by atoms with van der Waals surface area (Å²) in [6, 6.07) is 20.5. The second-order valence-electron chi connectivity index (χ2n) is 9.55. The van der Waals surface area contributed by atoms with Crippen LogP contribution in [0.25, 0.3) is 10.8 Å². The third-order valence-corrected chi connectivity index (χ3v) is 6.56. The van der Waals surface area contributed by atoms with Crippen molar-refractivity contribution in [2.75, 3.05) is 0 Å². The van der Waals surface area contributed by atoms with Crippen LogP contribution in [0.4, 0.5) is 22.0 Å². The largest absolute Gasteiger partial charge is 0.573 e. The molecule has 0 heterocycles. The maximum atomic E-state index is 15.1. The Hall–Kier alpha value is -3.85. The second-order valence-corrected chi connectivity index (χ2v) is 9.55. The first-order chi connectivity index (χ1) is 18.7. The first-order valence-electron chi connectivity index (χ1n) is 13.1. The number of alkyl halides is 3. The number of benzene rings is 4. The molecule has 4 aromatic carbocycles. The number of hydrogen-bond acceptors (Lipinski definition) is 1. The number of halogens is 5. The van der Waals surface area contributed by atoms with Crippen molar-refractivity contribution in [3.05, 3.63) is 112 Å². The lowest BCUT2D eigenvalue weighted by Gasteiger charge is -2.09. The number of unbranched alkanes of at least 4 members (excludes halogenated alkanes) is 3. The van der Waals surface area contributed by atoms with Crippen LogP contribution in [0.3, 0.4) is 0 Å². The van der Waals surface area contributed by atoms with Crippen LogP contribution in [0.1, 0.15) is 60.4 Å². The van der Waals surface area contributed by atoms with Crippen LogP contribution in [-0.2, 0) is 19.3 Å². The molecular formula is C33H29F5O. The van der Waals surface area contributed by atoms with Crippen molar-refractivity contribution in [1.29, 1.82) is 0 Å². The molecule has 0 aromatic heterocycles. The van der Waals surface area contributed by atoms with Crippen LogP contribution in [0.5, 0.6) is 5.75 Å². The molecule has 0 aliphatic heterocycles. The van der Waals surface area contributed by atoms with Crippen molar-refractivity contribution in [1.82, 2.24) is 0 Å². The van der Waals surface area contributed by atoms with Crippen molar-refractivity contribution >= 4 is 10.8 Å². The van der Waals surface area contributed by atoms with Gasteiger partial charge in [0.1, 0.15) is 5.82 Å². The molecule has 6 heteroatoms. The van der Waals surface area contributed by atoms with E-state index in [1.807, 2.05) is 12.1 Å². The highest BCUT2D eigenvalue weighted by atomic mass is 19.4. The van der Waals surface area contributed by atoms with Gasteiger partial charge in [0.05, 0.1) is 5.56 Å². The minimum absolute atomic E-state index is 0.0985. The summed E-state index contributed by atoms with van der Waals surface area (Å²) in [5.74, 6) is 2.59. The molecular weight excluding hydrogens is 507 g/mol. The molecule has 4 rings (SSSR count). The summed E-state index contributed by atoms with van der Waals surface area (Å²) < 4.78 is 69.6. The highest BCUT2D eigenvalue weighted by Gasteiger charge is 2.32. The minimum atomic E-state index is -5.00. The molecule has 0 atom stereocenters. The zero-order chi connectivity index (χ0) is 27.8. The zero-order valence-corrected chi connectivity index (χ0v) is 21.7. The van der Waals surface area contributed by atoms with E-state index < -0.39 is 23.7 Å². The average Bonchev–Trinajstić information content (AvgIpc) is 2.91. The minimum Gasteiger partial charge on any atom is -0.403 e. The summed E-state index contributed by atoms with van der Waals surface area (Å²) in [6.45, 7) is 2.21. The van der Waals surface area contributed by atoms with Crippen LogP contribution in [0.15, 0.2) is 72.8 Å². The average molecular weight is 537 g/mol. The molecule has 0 unspecified atom stereocenters. The Balaban J connectivity index is 1.41. The van der Waals surface area contributed by atoms with E-state index in [0.717, 1.165) is 42.3 Å². The van der Waals surface area contributed by atoms with Gasteiger partial charge in [0.25, 0.3) is 0 Å². The maximum Gasteiger partial charge on any atom is 0.573 e. The molecule has 0 spiro atoms. The Labute approximate surface area is 225 Å². The maximum absolute atomic E-state index is 15.1. The molecule has 0 N–H and O–H groups in total. The molecule has 4 aromatic rings. The van der Waals surface area contributed by atoms with Crippen LogP contribution in [0.2, 0.25) is 0 Å². The van der Waals surface area contributed by atoms with Gasteiger partial charge in [-0.3, -0.25) is 0 Å². The SMILES string of the molecule is CCCCCCc1ccc(CCc2ccc3c(F)c(C#Cc4ccc(OC(F)(F)F)c(F)c4)ccc3c2)cc1. The summed E-state index contributed by atoms with van der Waals surface area (Å²) >= 11 is 0. The van der Waals surface area contributed by atoms with E-state index in [9.17, 15) is 17.6 Å². The van der Waals surface area contributed by atoms with Crippen molar-refractivity contribution in [2.45, 2.75) is 58.2 Å². The predicted molar refractivity (Wildman–Crippen MR) is 145 cm³/mol. The normalized spacial score (nSPS) is 11.3.